The maximum atomic E-state index is 12.1. The highest BCUT2D eigenvalue weighted by Gasteiger charge is 2.74. The van der Waals surface area contributed by atoms with Crippen LogP contribution in [0.1, 0.15) is 0 Å². The number of rotatable bonds is 4. The topological polar surface area (TPSA) is 18.5 Å². The third kappa shape index (κ3) is 2.71. The number of alkyl halides is 7. The summed E-state index contributed by atoms with van der Waals surface area (Å²) in [5.74, 6) is -4.77. The molecule has 0 radical (unpaired) electrons. The number of methoxy groups -OCH3 is 1. The third-order valence-corrected chi connectivity index (χ3v) is 1.42. The Balaban J connectivity index is 5.13. The Morgan fingerprint density at radius 3 is 1.53 bits per heavy atom. The van der Waals surface area contributed by atoms with Crippen molar-refractivity contribution in [3.8, 4) is 0 Å². The van der Waals surface area contributed by atoms with Crippen LogP contribution in [-0.4, -0.2) is 38.5 Å². The van der Waals surface area contributed by atoms with Gasteiger partial charge in [0.1, 0.15) is 6.67 Å². The van der Waals surface area contributed by atoms with Gasteiger partial charge >= 0.3 is 18.1 Å². The maximum absolute atomic E-state index is 12.1. The number of hydrogen-bond donors (Lipinski definition) is 0. The van der Waals surface area contributed by atoms with Gasteiger partial charge in [-0.2, -0.15) is 26.3 Å². The first kappa shape index (κ1) is 14.4. The molecule has 0 bridgehead atoms. The summed E-state index contributed by atoms with van der Waals surface area (Å²) in [6, 6.07) is 0. The minimum atomic E-state index is -5.84. The molecule has 15 heavy (non-hydrogen) atoms. The normalized spacial score (nSPS) is 14.4. The highest BCUT2D eigenvalue weighted by molar-refractivity contribution is 4.86. The van der Waals surface area contributed by atoms with Crippen molar-refractivity contribution >= 4 is 0 Å². The van der Waals surface area contributed by atoms with Crippen LogP contribution in [0, 0.1) is 0 Å². The lowest BCUT2D eigenvalue weighted by Gasteiger charge is -2.34. The van der Waals surface area contributed by atoms with Gasteiger partial charge in [0.05, 0.1) is 6.61 Å². The summed E-state index contributed by atoms with van der Waals surface area (Å²) >= 11 is 0. The van der Waals surface area contributed by atoms with Crippen LogP contribution >= 0.6 is 0 Å². The Bertz CT molecular complexity index is 183. The summed E-state index contributed by atoms with van der Waals surface area (Å²) in [6.45, 7) is -2.86. The van der Waals surface area contributed by atoms with Gasteiger partial charge in [0.25, 0.3) is 0 Å². The zero-order valence-corrected chi connectivity index (χ0v) is 7.38. The predicted octanol–water partition coefficient (Wildman–Crippen LogP) is 2.44. The van der Waals surface area contributed by atoms with E-state index in [1.807, 2.05) is 0 Å². The summed E-state index contributed by atoms with van der Waals surface area (Å²) in [5.41, 5.74) is 0. The minimum Gasteiger partial charge on any atom is -0.339 e. The number of halogens is 7. The Labute approximate surface area is 79.9 Å². The maximum Gasteiger partial charge on any atom is 0.453 e. The molecule has 0 aromatic heterocycles. The fourth-order valence-electron chi connectivity index (χ4n) is 0.797. The van der Waals surface area contributed by atoms with E-state index >= 15 is 0 Å². The van der Waals surface area contributed by atoms with Crippen molar-refractivity contribution in [3.05, 3.63) is 0 Å². The molecule has 0 aliphatic rings. The summed E-state index contributed by atoms with van der Waals surface area (Å²) in [7, 11) is 0.180. The van der Waals surface area contributed by atoms with E-state index in [4.69, 9.17) is 0 Å². The average molecular weight is 244 g/mol. The van der Waals surface area contributed by atoms with Crippen LogP contribution in [0.3, 0.4) is 0 Å². The summed E-state index contributed by atoms with van der Waals surface area (Å²) < 4.78 is 90.9. The van der Waals surface area contributed by atoms with E-state index in [1.165, 1.54) is 0 Å². The molecule has 0 rings (SSSR count). The van der Waals surface area contributed by atoms with Gasteiger partial charge in [0.15, 0.2) is 0 Å². The van der Waals surface area contributed by atoms with Gasteiger partial charge in [-0.15, -0.1) is 0 Å². The molecule has 0 aliphatic carbocycles. The smallest absolute Gasteiger partial charge is 0.339 e. The van der Waals surface area contributed by atoms with Gasteiger partial charge in [-0.3, -0.25) is 0 Å². The van der Waals surface area contributed by atoms with E-state index in [1.54, 1.807) is 0 Å². The summed E-state index contributed by atoms with van der Waals surface area (Å²) in [6.07, 6.45) is -11.7. The van der Waals surface area contributed by atoms with Crippen molar-refractivity contribution in [1.29, 1.82) is 0 Å². The molecular formula is C6H7F7O2. The Morgan fingerprint density at radius 2 is 1.33 bits per heavy atom. The Kier molecular flexibility index (Phi) is 4.35. The summed E-state index contributed by atoms with van der Waals surface area (Å²) in [5, 5.41) is 0. The van der Waals surface area contributed by atoms with E-state index in [-0.39, 0.29) is 7.11 Å². The molecule has 0 saturated carbocycles. The second kappa shape index (κ2) is 4.52. The minimum absolute atomic E-state index is 0.180. The van der Waals surface area contributed by atoms with Crippen LogP contribution in [0.15, 0.2) is 0 Å². The molecule has 0 aliphatic heterocycles. The van der Waals surface area contributed by atoms with Crippen molar-refractivity contribution in [3.63, 3.8) is 0 Å². The monoisotopic (exact) mass is 244 g/mol. The zero-order valence-electron chi connectivity index (χ0n) is 7.38. The molecular weight excluding hydrogens is 237 g/mol. The first-order valence-corrected chi connectivity index (χ1v) is 3.51. The average Bonchev–Trinajstić information content (AvgIpc) is 2.01. The van der Waals surface area contributed by atoms with E-state index in [2.05, 4.69) is 9.47 Å². The van der Waals surface area contributed by atoms with Crippen LogP contribution in [0.2, 0.25) is 0 Å². The molecule has 0 saturated heterocycles. The fraction of sp³-hybridized carbons (Fsp3) is 1.00. The molecule has 0 aromatic carbocycles. The SMILES string of the molecule is COC(OCCF)(C(F)(F)F)C(F)(F)F. The second-order valence-corrected chi connectivity index (χ2v) is 2.35. The van der Waals surface area contributed by atoms with Crippen LogP contribution in [-0.2, 0) is 9.47 Å². The van der Waals surface area contributed by atoms with E-state index < -0.39 is 31.4 Å². The van der Waals surface area contributed by atoms with Crippen molar-refractivity contribution < 1.29 is 40.2 Å². The van der Waals surface area contributed by atoms with Gasteiger partial charge in [-0.05, 0) is 0 Å². The molecule has 0 fully saturated rings. The van der Waals surface area contributed by atoms with Gasteiger partial charge in [-0.1, -0.05) is 0 Å². The Hall–Kier alpha value is -0.570. The molecule has 2 nitrogen and oxygen atoms in total. The fourth-order valence-corrected chi connectivity index (χ4v) is 0.797. The molecule has 0 aromatic rings. The highest BCUT2D eigenvalue weighted by Crippen LogP contribution is 2.46. The number of hydrogen-bond acceptors (Lipinski definition) is 2. The predicted molar refractivity (Wildman–Crippen MR) is 33.8 cm³/mol. The van der Waals surface area contributed by atoms with Crippen molar-refractivity contribution in [1.82, 2.24) is 0 Å². The van der Waals surface area contributed by atoms with Gasteiger partial charge < -0.3 is 9.47 Å². The zero-order chi connectivity index (χ0) is 12.3. The standard InChI is InChI=1S/C6H7F7O2/c1-14-4(5(8,9)10,6(11,12)13)15-3-2-7/h2-3H2,1H3. The van der Waals surface area contributed by atoms with Crippen LogP contribution < -0.4 is 0 Å². The molecule has 0 heterocycles. The molecule has 0 amide bonds. The lowest BCUT2D eigenvalue weighted by atomic mass is 10.2. The molecule has 9 heteroatoms. The van der Waals surface area contributed by atoms with Crippen LogP contribution in [0.5, 0.6) is 0 Å². The highest BCUT2D eigenvalue weighted by atomic mass is 19.4. The largest absolute Gasteiger partial charge is 0.453 e. The molecule has 0 spiro atoms. The van der Waals surface area contributed by atoms with Gasteiger partial charge in [0, 0.05) is 7.11 Å². The number of ether oxygens (including phenoxy) is 2. The quantitative estimate of drug-likeness (QED) is 0.558. The third-order valence-electron chi connectivity index (χ3n) is 1.42. The second-order valence-electron chi connectivity index (χ2n) is 2.35. The lowest BCUT2D eigenvalue weighted by molar-refractivity contribution is -0.463. The molecule has 0 atom stereocenters. The van der Waals surface area contributed by atoms with Crippen LogP contribution in [0.4, 0.5) is 30.7 Å². The molecule has 0 unspecified atom stereocenters. The van der Waals surface area contributed by atoms with Gasteiger partial charge in [0.2, 0.25) is 0 Å². The first-order chi connectivity index (χ1) is 6.62. The van der Waals surface area contributed by atoms with Crippen molar-refractivity contribution in [2.45, 2.75) is 18.1 Å². The van der Waals surface area contributed by atoms with Crippen LogP contribution in [0.25, 0.3) is 0 Å². The first-order valence-electron chi connectivity index (χ1n) is 3.51. The van der Waals surface area contributed by atoms with Crippen molar-refractivity contribution in [2.75, 3.05) is 20.4 Å². The van der Waals surface area contributed by atoms with Gasteiger partial charge in [-0.25, -0.2) is 4.39 Å². The molecule has 0 N–H and O–H groups in total. The lowest BCUT2D eigenvalue weighted by Crippen LogP contribution is -2.60. The molecule has 92 valence electrons. The summed E-state index contributed by atoms with van der Waals surface area (Å²) in [4.78, 5) is 0. The van der Waals surface area contributed by atoms with E-state index in [0.717, 1.165) is 0 Å². The van der Waals surface area contributed by atoms with E-state index in [9.17, 15) is 30.7 Å². The van der Waals surface area contributed by atoms with E-state index in [0.29, 0.717) is 0 Å². The van der Waals surface area contributed by atoms with Crippen molar-refractivity contribution in [2.24, 2.45) is 0 Å². The Morgan fingerprint density at radius 1 is 0.933 bits per heavy atom.